The smallest absolute Gasteiger partial charge is 0.220 e. The van der Waals surface area contributed by atoms with Crippen LogP contribution in [0.15, 0.2) is 0 Å². The van der Waals surface area contributed by atoms with Crippen LogP contribution in [-0.4, -0.2) is 58.5 Å². The molecule has 1 amide bonds. The minimum Gasteiger partial charge on any atom is -0.394 e. The van der Waals surface area contributed by atoms with E-state index in [-0.39, 0.29) is 48.5 Å². The number of aliphatic hydroxyl groups excluding tert-OH is 1. The quantitative estimate of drug-likeness (QED) is 0.686. The zero-order valence-electron chi connectivity index (χ0n) is 10.4. The summed E-state index contributed by atoms with van der Waals surface area (Å²) in [5.41, 5.74) is -0.249. The first-order valence-electron chi connectivity index (χ1n) is 6.26. The Morgan fingerprint density at radius 3 is 2.65 bits per heavy atom. The minimum absolute atomic E-state index is 0.00250. The molecule has 0 radical (unpaired) electrons. The van der Waals surface area contributed by atoms with Gasteiger partial charge in [-0.3, -0.25) is 4.79 Å². The summed E-state index contributed by atoms with van der Waals surface area (Å²) < 4.78 is 11.5. The van der Waals surface area contributed by atoms with Crippen LogP contribution < -0.4 is 0 Å². The van der Waals surface area contributed by atoms with Crippen molar-refractivity contribution in [2.24, 2.45) is 0 Å². The Kier molecular flexibility index (Phi) is 2.31. The second-order valence-electron chi connectivity index (χ2n) is 5.43. The molecule has 0 saturated carbocycles. The van der Waals surface area contributed by atoms with Crippen LogP contribution in [-0.2, 0) is 14.3 Å². The van der Waals surface area contributed by atoms with E-state index in [4.69, 9.17) is 9.47 Å². The second-order valence-corrected chi connectivity index (χ2v) is 5.43. The number of fused-ring (bicyclic) bond motifs is 3. The zero-order chi connectivity index (χ0) is 12.4. The van der Waals surface area contributed by atoms with Crippen LogP contribution >= 0.6 is 0 Å². The molecule has 96 valence electrons. The van der Waals surface area contributed by atoms with Crippen molar-refractivity contribution in [3.8, 4) is 0 Å². The van der Waals surface area contributed by atoms with Gasteiger partial charge in [-0.1, -0.05) is 6.92 Å². The molecule has 0 spiro atoms. The third-order valence-corrected chi connectivity index (χ3v) is 4.59. The molecule has 0 bridgehead atoms. The highest BCUT2D eigenvalue weighted by Gasteiger charge is 2.71. The van der Waals surface area contributed by atoms with E-state index in [2.05, 4.69) is 6.92 Å². The molecule has 1 N–H and O–H groups in total. The zero-order valence-corrected chi connectivity index (χ0v) is 10.4. The molecule has 5 heteroatoms. The molecule has 3 heterocycles. The van der Waals surface area contributed by atoms with Gasteiger partial charge in [0.1, 0.15) is 24.4 Å². The normalized spacial score (nSPS) is 51.3. The summed E-state index contributed by atoms with van der Waals surface area (Å²) in [6, 6.07) is 0.0465. The Hall–Kier alpha value is -0.650. The number of aliphatic hydroxyl groups is 1. The fourth-order valence-electron chi connectivity index (χ4n) is 3.51. The number of amides is 1. The average Bonchev–Trinajstić information content (AvgIpc) is 3.06. The van der Waals surface area contributed by atoms with E-state index < -0.39 is 0 Å². The van der Waals surface area contributed by atoms with Crippen LogP contribution in [0.3, 0.4) is 0 Å². The van der Waals surface area contributed by atoms with Crippen molar-refractivity contribution < 1.29 is 19.4 Å². The average molecular weight is 241 g/mol. The number of epoxide rings is 1. The first-order chi connectivity index (χ1) is 8.04. The van der Waals surface area contributed by atoms with Gasteiger partial charge < -0.3 is 19.5 Å². The predicted octanol–water partition coefficient (Wildman–Crippen LogP) is -0.0871. The van der Waals surface area contributed by atoms with Crippen LogP contribution in [0.25, 0.3) is 0 Å². The highest BCUT2D eigenvalue weighted by Crippen LogP contribution is 2.52. The van der Waals surface area contributed by atoms with E-state index in [0.717, 1.165) is 6.42 Å². The Labute approximate surface area is 101 Å². The molecule has 3 fully saturated rings. The summed E-state index contributed by atoms with van der Waals surface area (Å²) in [4.78, 5) is 13.6. The second kappa shape index (κ2) is 3.43. The van der Waals surface area contributed by atoms with Gasteiger partial charge in [-0.25, -0.2) is 0 Å². The number of rotatable bonds is 2. The summed E-state index contributed by atoms with van der Waals surface area (Å²) in [5, 5.41) is 9.25. The van der Waals surface area contributed by atoms with Crippen molar-refractivity contribution in [3.05, 3.63) is 0 Å². The van der Waals surface area contributed by atoms with Gasteiger partial charge in [0.2, 0.25) is 5.91 Å². The molecule has 0 aliphatic carbocycles. The van der Waals surface area contributed by atoms with Gasteiger partial charge in [0.25, 0.3) is 0 Å². The molecular weight excluding hydrogens is 222 g/mol. The van der Waals surface area contributed by atoms with Gasteiger partial charge in [0, 0.05) is 6.92 Å². The number of ether oxygens (including phenoxy) is 2. The lowest BCUT2D eigenvalue weighted by Gasteiger charge is -2.63. The largest absolute Gasteiger partial charge is 0.394 e. The van der Waals surface area contributed by atoms with Crippen molar-refractivity contribution in [1.82, 2.24) is 4.90 Å². The number of nitrogens with zero attached hydrogens (tertiary/aromatic N) is 1. The summed E-state index contributed by atoms with van der Waals surface area (Å²) in [6.45, 7) is 5.69. The van der Waals surface area contributed by atoms with Gasteiger partial charge in [0.05, 0.1) is 18.2 Å². The topological polar surface area (TPSA) is 62.3 Å². The number of carbonyl (C=O) groups is 1. The minimum atomic E-state index is -0.249. The van der Waals surface area contributed by atoms with Crippen molar-refractivity contribution in [3.63, 3.8) is 0 Å². The first kappa shape index (κ1) is 11.4. The van der Waals surface area contributed by atoms with Crippen molar-refractivity contribution in [1.29, 1.82) is 0 Å². The Bertz CT molecular complexity index is 360. The van der Waals surface area contributed by atoms with Gasteiger partial charge in [-0.2, -0.15) is 0 Å². The van der Waals surface area contributed by atoms with Gasteiger partial charge >= 0.3 is 0 Å². The Morgan fingerprint density at radius 1 is 1.41 bits per heavy atom. The van der Waals surface area contributed by atoms with Gasteiger partial charge in [0.15, 0.2) is 0 Å². The third-order valence-electron chi connectivity index (χ3n) is 4.59. The molecule has 0 aromatic rings. The summed E-state index contributed by atoms with van der Waals surface area (Å²) in [7, 11) is 0. The maximum atomic E-state index is 11.7. The lowest BCUT2D eigenvalue weighted by molar-refractivity contribution is -0.236. The SMILES string of the molecule is CCC1(C)C2OC(CO)C3O[C@@H]3C2N1C(C)=O. The third kappa shape index (κ3) is 1.27. The molecule has 17 heavy (non-hydrogen) atoms. The molecule has 5 nitrogen and oxygen atoms in total. The molecule has 5 unspecified atom stereocenters. The Morgan fingerprint density at radius 2 is 2.12 bits per heavy atom. The van der Waals surface area contributed by atoms with Crippen LogP contribution in [0, 0.1) is 0 Å². The van der Waals surface area contributed by atoms with Crippen LogP contribution in [0.4, 0.5) is 0 Å². The van der Waals surface area contributed by atoms with Crippen molar-refractivity contribution in [2.75, 3.05) is 6.61 Å². The first-order valence-corrected chi connectivity index (χ1v) is 6.26. The fourth-order valence-corrected chi connectivity index (χ4v) is 3.51. The highest BCUT2D eigenvalue weighted by molar-refractivity contribution is 5.76. The van der Waals surface area contributed by atoms with E-state index in [1.54, 1.807) is 6.92 Å². The lowest BCUT2D eigenvalue weighted by atomic mass is 9.71. The molecule has 3 aliphatic rings. The number of likely N-dealkylation sites (tertiary alicyclic amines) is 1. The molecule has 3 rings (SSSR count). The van der Waals surface area contributed by atoms with Gasteiger partial charge in [-0.05, 0) is 13.3 Å². The maximum Gasteiger partial charge on any atom is 0.220 e. The highest BCUT2D eigenvalue weighted by atomic mass is 16.6. The molecular formula is C12H19NO4. The fraction of sp³-hybridized carbons (Fsp3) is 0.917. The van der Waals surface area contributed by atoms with Crippen LogP contribution in [0.2, 0.25) is 0 Å². The van der Waals surface area contributed by atoms with Crippen LogP contribution in [0.5, 0.6) is 0 Å². The molecule has 3 aliphatic heterocycles. The van der Waals surface area contributed by atoms with Crippen LogP contribution in [0.1, 0.15) is 27.2 Å². The predicted molar refractivity (Wildman–Crippen MR) is 59.4 cm³/mol. The monoisotopic (exact) mass is 241 g/mol. The molecule has 0 aromatic heterocycles. The summed E-state index contributed by atoms with van der Waals surface area (Å²) >= 11 is 0. The van der Waals surface area contributed by atoms with E-state index in [9.17, 15) is 9.90 Å². The molecule has 0 aromatic carbocycles. The summed E-state index contributed by atoms with van der Waals surface area (Å²) in [5.74, 6) is 0.0795. The van der Waals surface area contributed by atoms with Crippen molar-refractivity contribution >= 4 is 5.91 Å². The standard InChI is InChI=1S/C12H19NO4/c1-4-12(3)11-8(13(12)6(2)15)10-9(17-10)7(5-14)16-11/h7-11,14H,4-5H2,1-3H3/t7?,8?,9?,10-,11?,12?/m1/s1. The van der Waals surface area contributed by atoms with Crippen molar-refractivity contribution in [2.45, 2.75) is 63.2 Å². The van der Waals surface area contributed by atoms with E-state index in [1.807, 2.05) is 11.8 Å². The number of hydrogen-bond donors (Lipinski definition) is 1. The van der Waals surface area contributed by atoms with Gasteiger partial charge in [-0.15, -0.1) is 0 Å². The molecule has 6 atom stereocenters. The summed E-state index contributed by atoms with van der Waals surface area (Å²) in [6.07, 6.45) is 0.668. The molecule has 3 saturated heterocycles. The maximum absolute atomic E-state index is 11.7. The van der Waals surface area contributed by atoms with E-state index >= 15 is 0 Å². The number of hydrogen-bond acceptors (Lipinski definition) is 4. The van der Waals surface area contributed by atoms with E-state index in [0.29, 0.717) is 0 Å². The number of carbonyl (C=O) groups excluding carboxylic acids is 1. The lowest BCUT2D eigenvalue weighted by Crippen LogP contribution is -2.80. The Balaban J connectivity index is 1.86. The van der Waals surface area contributed by atoms with E-state index in [1.165, 1.54) is 0 Å².